The molecule has 0 saturated heterocycles. The normalized spacial score (nSPS) is 17.3. The van der Waals surface area contributed by atoms with Crippen molar-refractivity contribution in [1.29, 1.82) is 0 Å². The van der Waals surface area contributed by atoms with Crippen molar-refractivity contribution in [3.05, 3.63) is 194 Å². The Hall–Kier alpha value is -7.11. The molecule has 260 valence electrons. The first-order valence-corrected chi connectivity index (χ1v) is 18.7. The fourth-order valence-corrected chi connectivity index (χ4v) is 8.28. The zero-order valence-corrected chi connectivity index (χ0v) is 29.9. The Morgan fingerprint density at radius 3 is 1.76 bits per heavy atom. The lowest BCUT2D eigenvalue weighted by molar-refractivity contribution is 0.620. The van der Waals surface area contributed by atoms with Crippen molar-refractivity contribution in [2.45, 2.75) is 12.0 Å². The molecule has 5 heteroatoms. The van der Waals surface area contributed by atoms with E-state index in [1.165, 1.54) is 44.4 Å². The van der Waals surface area contributed by atoms with Gasteiger partial charge in [-0.3, -0.25) is 9.97 Å². The van der Waals surface area contributed by atoms with Crippen LogP contribution in [0.5, 0.6) is 0 Å². The predicted molar refractivity (Wildman–Crippen MR) is 224 cm³/mol. The first-order chi connectivity index (χ1) is 27.2. The molecule has 0 N–H and O–H groups in total. The van der Waals surface area contributed by atoms with Gasteiger partial charge >= 0.3 is 0 Å². The van der Waals surface area contributed by atoms with Gasteiger partial charge in [-0.05, 0) is 123 Å². The smallest absolute Gasteiger partial charge is 0.227 e. The molecular formula is C50H34N4O. The van der Waals surface area contributed by atoms with Crippen LogP contribution in [0.1, 0.15) is 12.0 Å². The Bertz CT molecular complexity index is 2930. The average Bonchev–Trinajstić information content (AvgIpc) is 3.82. The maximum absolute atomic E-state index is 6.02. The molecule has 2 aliphatic rings. The van der Waals surface area contributed by atoms with E-state index < -0.39 is 0 Å². The van der Waals surface area contributed by atoms with Crippen LogP contribution < -0.4 is 4.90 Å². The number of allylic oxidation sites excluding steroid dienone is 2. The van der Waals surface area contributed by atoms with E-state index in [0.717, 1.165) is 45.0 Å². The van der Waals surface area contributed by atoms with Crippen molar-refractivity contribution < 1.29 is 4.42 Å². The van der Waals surface area contributed by atoms with E-state index >= 15 is 0 Å². The third kappa shape index (κ3) is 5.52. The lowest BCUT2D eigenvalue weighted by Crippen LogP contribution is -2.34. The lowest BCUT2D eigenvalue weighted by atomic mass is 9.94. The van der Waals surface area contributed by atoms with E-state index in [-0.39, 0.29) is 5.54 Å². The molecule has 11 rings (SSSR count). The highest BCUT2D eigenvalue weighted by Gasteiger charge is 2.57. The van der Waals surface area contributed by atoms with Crippen LogP contribution >= 0.6 is 0 Å². The average molecular weight is 707 g/mol. The molecule has 55 heavy (non-hydrogen) atoms. The fraction of sp³-hybridized carbons (Fsp3) is 0.0600. The minimum Gasteiger partial charge on any atom is -0.436 e. The number of aromatic nitrogens is 3. The van der Waals surface area contributed by atoms with Crippen molar-refractivity contribution in [3.8, 4) is 33.7 Å². The van der Waals surface area contributed by atoms with Gasteiger partial charge in [0.2, 0.25) is 5.89 Å². The largest absolute Gasteiger partial charge is 0.436 e. The van der Waals surface area contributed by atoms with E-state index in [0.29, 0.717) is 11.8 Å². The van der Waals surface area contributed by atoms with Gasteiger partial charge < -0.3 is 9.32 Å². The molecule has 1 fully saturated rings. The summed E-state index contributed by atoms with van der Waals surface area (Å²) in [7, 11) is 0. The number of benzene rings is 6. The van der Waals surface area contributed by atoms with Crippen LogP contribution in [0.15, 0.2) is 193 Å². The Morgan fingerprint density at radius 2 is 1.11 bits per heavy atom. The molecule has 5 nitrogen and oxygen atoms in total. The van der Waals surface area contributed by atoms with Gasteiger partial charge in [-0.2, -0.15) is 0 Å². The maximum Gasteiger partial charge on any atom is 0.227 e. The number of oxazole rings is 1. The van der Waals surface area contributed by atoms with Crippen LogP contribution in [0.25, 0.3) is 71.9 Å². The number of hydrogen-bond donors (Lipinski definition) is 0. The van der Waals surface area contributed by atoms with Crippen molar-refractivity contribution in [2.75, 3.05) is 4.90 Å². The molecule has 6 aromatic carbocycles. The Kier molecular flexibility index (Phi) is 7.14. The first-order valence-electron chi connectivity index (χ1n) is 18.7. The van der Waals surface area contributed by atoms with Gasteiger partial charge in [0.05, 0.1) is 5.54 Å². The van der Waals surface area contributed by atoms with E-state index in [1.807, 2.05) is 49.1 Å². The summed E-state index contributed by atoms with van der Waals surface area (Å²) in [6.45, 7) is 0. The molecule has 0 amide bonds. The second kappa shape index (κ2) is 12.5. The van der Waals surface area contributed by atoms with E-state index in [1.54, 1.807) is 0 Å². The van der Waals surface area contributed by atoms with E-state index in [4.69, 9.17) is 4.42 Å². The molecule has 9 aromatic rings. The zero-order chi connectivity index (χ0) is 36.3. The van der Waals surface area contributed by atoms with Crippen molar-refractivity contribution in [2.24, 2.45) is 5.92 Å². The number of fused-ring (bicyclic) bond motifs is 4. The maximum atomic E-state index is 6.02. The number of nitrogens with zero attached hydrogens (tertiary/aromatic N) is 4. The van der Waals surface area contributed by atoms with Crippen LogP contribution in [-0.4, -0.2) is 20.5 Å². The van der Waals surface area contributed by atoms with Crippen molar-refractivity contribution in [1.82, 2.24) is 15.0 Å². The topological polar surface area (TPSA) is 55.1 Å². The van der Waals surface area contributed by atoms with Crippen LogP contribution in [0.2, 0.25) is 0 Å². The van der Waals surface area contributed by atoms with Crippen LogP contribution in [-0.2, 0) is 0 Å². The SMILES string of the molecule is C1=C[C@]2(N(c3ccc(-c4ccc(-c5nc6ccccc6o5)cc4)cc3)c3ccc(-c4ccc5cnccc5c4)cc3)CC2C=C1c1ccc2cnccc2c1. The first kappa shape index (κ1) is 31.4. The van der Waals surface area contributed by atoms with Crippen LogP contribution in [0.3, 0.4) is 0 Å². The minimum atomic E-state index is -0.148. The minimum absolute atomic E-state index is 0.148. The lowest BCUT2D eigenvalue weighted by Gasteiger charge is -2.35. The van der Waals surface area contributed by atoms with Crippen LogP contribution in [0.4, 0.5) is 11.4 Å². The highest BCUT2D eigenvalue weighted by Crippen LogP contribution is 2.58. The van der Waals surface area contributed by atoms with Gasteiger partial charge in [0.15, 0.2) is 5.58 Å². The van der Waals surface area contributed by atoms with Gasteiger partial charge in [0, 0.05) is 58.4 Å². The predicted octanol–water partition coefficient (Wildman–Crippen LogP) is 12.5. The summed E-state index contributed by atoms with van der Waals surface area (Å²) in [5, 5.41) is 4.70. The number of para-hydroxylation sites is 2. The molecule has 3 heterocycles. The van der Waals surface area contributed by atoms with Gasteiger partial charge in [0.1, 0.15) is 5.52 Å². The second-order valence-electron chi connectivity index (χ2n) is 14.6. The van der Waals surface area contributed by atoms with E-state index in [2.05, 4.69) is 159 Å². The van der Waals surface area contributed by atoms with Crippen molar-refractivity contribution >= 4 is 49.6 Å². The highest BCUT2D eigenvalue weighted by atomic mass is 16.3. The summed E-state index contributed by atoms with van der Waals surface area (Å²) in [6.07, 6.45) is 15.8. The summed E-state index contributed by atoms with van der Waals surface area (Å²) >= 11 is 0. The number of rotatable bonds is 7. The Balaban J connectivity index is 0.924. The molecule has 0 bridgehead atoms. The Morgan fingerprint density at radius 1 is 0.545 bits per heavy atom. The van der Waals surface area contributed by atoms with Gasteiger partial charge in [0.25, 0.3) is 0 Å². The standard InChI is InChI=1S/C50H34N4O/c1-2-4-48-47(3-1)53-49(55-48)36-7-5-33(6-8-36)34-13-17-45(18-14-34)54(46-19-15-35(16-20-46)37-9-11-42-31-51-25-22-40(42)27-37)50-24-21-39(29-44(50)30-50)38-10-12-43-32-52-26-23-41(43)28-38/h1-29,31-32,44H,30H2/t44?,50-/m0/s1. The molecule has 0 aliphatic heterocycles. The monoisotopic (exact) mass is 706 g/mol. The van der Waals surface area contributed by atoms with Crippen molar-refractivity contribution in [3.63, 3.8) is 0 Å². The summed E-state index contributed by atoms with van der Waals surface area (Å²) in [4.78, 5) is 15.8. The summed E-state index contributed by atoms with van der Waals surface area (Å²) in [6, 6.07) is 51.8. The molecule has 1 unspecified atom stereocenters. The molecule has 0 spiro atoms. The molecule has 1 saturated carbocycles. The molecule has 3 aromatic heterocycles. The van der Waals surface area contributed by atoms with Crippen LogP contribution in [0, 0.1) is 5.92 Å². The third-order valence-electron chi connectivity index (χ3n) is 11.3. The zero-order valence-electron chi connectivity index (χ0n) is 29.9. The third-order valence-corrected chi connectivity index (χ3v) is 11.3. The summed E-state index contributed by atoms with van der Waals surface area (Å²) in [5.74, 6) is 1.02. The molecule has 0 radical (unpaired) electrons. The molecular weight excluding hydrogens is 673 g/mol. The van der Waals surface area contributed by atoms with Gasteiger partial charge in [-0.15, -0.1) is 0 Å². The quantitative estimate of drug-likeness (QED) is 0.165. The number of hydrogen-bond acceptors (Lipinski definition) is 5. The summed E-state index contributed by atoms with van der Waals surface area (Å²) in [5.41, 5.74) is 12.0. The number of pyridine rings is 2. The summed E-state index contributed by atoms with van der Waals surface area (Å²) < 4.78 is 6.02. The number of anilines is 2. The molecule has 2 atom stereocenters. The van der Waals surface area contributed by atoms with Gasteiger partial charge in [-0.1, -0.05) is 91.0 Å². The second-order valence-corrected chi connectivity index (χ2v) is 14.6. The molecule has 2 aliphatic carbocycles. The fourth-order valence-electron chi connectivity index (χ4n) is 8.28. The van der Waals surface area contributed by atoms with E-state index in [9.17, 15) is 0 Å². The Labute approximate surface area is 318 Å². The highest BCUT2D eigenvalue weighted by molar-refractivity contribution is 5.90. The van der Waals surface area contributed by atoms with Gasteiger partial charge in [-0.25, -0.2) is 4.98 Å².